The van der Waals surface area contributed by atoms with E-state index in [4.69, 9.17) is 0 Å². The van der Waals surface area contributed by atoms with Crippen LogP contribution in [0.4, 0.5) is 5.69 Å². The Kier molecular flexibility index (Phi) is 3.62. The highest BCUT2D eigenvalue weighted by atomic mass is 16.6. The van der Waals surface area contributed by atoms with E-state index in [9.17, 15) is 15.2 Å². The summed E-state index contributed by atoms with van der Waals surface area (Å²) in [5, 5.41) is 20.9. The first-order chi connectivity index (χ1) is 8.99. The summed E-state index contributed by atoms with van der Waals surface area (Å²) in [6, 6.07) is 11.8. The molecule has 98 valence electrons. The summed E-state index contributed by atoms with van der Waals surface area (Å²) in [5.41, 5.74) is 3.64. The minimum Gasteiger partial charge on any atom is -0.384 e. The number of aliphatic hydroxyl groups excluding tert-OH is 1. The highest BCUT2D eigenvalue weighted by Crippen LogP contribution is 2.26. The number of nitrogens with zero attached hydrogens (tertiary/aromatic N) is 1. The topological polar surface area (TPSA) is 63.4 Å². The summed E-state index contributed by atoms with van der Waals surface area (Å²) in [6.07, 6.45) is -0.763. The van der Waals surface area contributed by atoms with Gasteiger partial charge in [-0.15, -0.1) is 0 Å². The highest BCUT2D eigenvalue weighted by molar-refractivity contribution is 5.40. The number of benzene rings is 2. The molecular formula is C15H15NO3. The Morgan fingerprint density at radius 1 is 1.11 bits per heavy atom. The second-order valence-electron chi connectivity index (χ2n) is 4.61. The van der Waals surface area contributed by atoms with Crippen LogP contribution < -0.4 is 0 Å². The van der Waals surface area contributed by atoms with Gasteiger partial charge in [0.05, 0.1) is 4.92 Å². The fraction of sp³-hybridized carbons (Fsp3) is 0.200. The molecule has 1 N–H and O–H groups in total. The lowest BCUT2D eigenvalue weighted by Crippen LogP contribution is -2.02. The van der Waals surface area contributed by atoms with Crippen LogP contribution in [0.25, 0.3) is 0 Å². The van der Waals surface area contributed by atoms with Crippen LogP contribution in [0.2, 0.25) is 0 Å². The van der Waals surface area contributed by atoms with Crippen molar-refractivity contribution in [3.8, 4) is 0 Å². The molecule has 4 heteroatoms. The van der Waals surface area contributed by atoms with Gasteiger partial charge in [0.2, 0.25) is 0 Å². The van der Waals surface area contributed by atoms with E-state index >= 15 is 0 Å². The van der Waals surface area contributed by atoms with Gasteiger partial charge in [0.1, 0.15) is 6.10 Å². The molecule has 0 amide bonds. The number of aryl methyl sites for hydroxylation is 2. The van der Waals surface area contributed by atoms with Crippen LogP contribution in [0.15, 0.2) is 42.5 Å². The van der Waals surface area contributed by atoms with Gasteiger partial charge in [-0.25, -0.2) is 0 Å². The van der Waals surface area contributed by atoms with Gasteiger partial charge in [0, 0.05) is 12.1 Å². The molecule has 1 atom stereocenters. The van der Waals surface area contributed by atoms with Crippen LogP contribution >= 0.6 is 0 Å². The molecule has 0 heterocycles. The van der Waals surface area contributed by atoms with Crippen molar-refractivity contribution in [1.29, 1.82) is 0 Å². The molecule has 2 aromatic rings. The fourth-order valence-electron chi connectivity index (χ4n) is 2.09. The first-order valence-electron chi connectivity index (χ1n) is 5.98. The van der Waals surface area contributed by atoms with E-state index in [1.165, 1.54) is 12.1 Å². The minimum absolute atomic E-state index is 0.0246. The molecule has 0 radical (unpaired) electrons. The summed E-state index contributed by atoms with van der Waals surface area (Å²) in [4.78, 5) is 10.1. The Labute approximate surface area is 111 Å². The number of nitro groups is 1. The third kappa shape index (κ3) is 2.80. The predicted molar refractivity (Wildman–Crippen MR) is 73.1 cm³/mol. The lowest BCUT2D eigenvalue weighted by atomic mass is 9.96. The molecule has 4 nitrogen and oxygen atoms in total. The van der Waals surface area contributed by atoms with Gasteiger partial charge in [0.25, 0.3) is 5.69 Å². The third-order valence-corrected chi connectivity index (χ3v) is 3.14. The average molecular weight is 257 g/mol. The van der Waals surface area contributed by atoms with E-state index in [-0.39, 0.29) is 5.69 Å². The summed E-state index contributed by atoms with van der Waals surface area (Å²) in [7, 11) is 0. The van der Waals surface area contributed by atoms with Gasteiger partial charge in [-0.3, -0.25) is 10.1 Å². The lowest BCUT2D eigenvalue weighted by Gasteiger charge is -2.14. The largest absolute Gasteiger partial charge is 0.384 e. The first-order valence-corrected chi connectivity index (χ1v) is 5.98. The number of aliphatic hydroxyl groups is 1. The van der Waals surface area contributed by atoms with E-state index in [1.807, 2.05) is 32.0 Å². The maximum Gasteiger partial charge on any atom is 0.269 e. The molecule has 0 aliphatic rings. The average Bonchev–Trinajstić information content (AvgIpc) is 2.38. The van der Waals surface area contributed by atoms with Gasteiger partial charge in [0.15, 0.2) is 0 Å². The molecule has 0 saturated heterocycles. The molecule has 2 aromatic carbocycles. The van der Waals surface area contributed by atoms with Crippen LogP contribution in [0.3, 0.4) is 0 Å². The van der Waals surface area contributed by atoms with Crippen molar-refractivity contribution in [2.75, 3.05) is 0 Å². The third-order valence-electron chi connectivity index (χ3n) is 3.14. The molecule has 0 aliphatic carbocycles. The van der Waals surface area contributed by atoms with Gasteiger partial charge in [-0.1, -0.05) is 23.8 Å². The Morgan fingerprint density at radius 2 is 1.74 bits per heavy atom. The van der Waals surface area contributed by atoms with E-state index in [0.717, 1.165) is 16.7 Å². The van der Waals surface area contributed by atoms with Crippen molar-refractivity contribution in [2.24, 2.45) is 0 Å². The Hall–Kier alpha value is -2.20. The molecule has 2 rings (SSSR count). The first kappa shape index (κ1) is 13.2. The van der Waals surface area contributed by atoms with Crippen LogP contribution in [0.5, 0.6) is 0 Å². The van der Waals surface area contributed by atoms with Crippen molar-refractivity contribution in [1.82, 2.24) is 0 Å². The summed E-state index contributed by atoms with van der Waals surface area (Å²) >= 11 is 0. The van der Waals surface area contributed by atoms with Crippen molar-refractivity contribution in [3.63, 3.8) is 0 Å². The zero-order chi connectivity index (χ0) is 14.0. The molecule has 0 bridgehead atoms. The monoisotopic (exact) mass is 257 g/mol. The fourth-order valence-corrected chi connectivity index (χ4v) is 2.09. The van der Waals surface area contributed by atoms with Crippen molar-refractivity contribution >= 4 is 5.69 Å². The normalized spacial score (nSPS) is 12.2. The smallest absolute Gasteiger partial charge is 0.269 e. The van der Waals surface area contributed by atoms with E-state index < -0.39 is 11.0 Å². The zero-order valence-corrected chi connectivity index (χ0v) is 10.8. The van der Waals surface area contributed by atoms with Crippen molar-refractivity contribution in [3.05, 3.63) is 74.8 Å². The van der Waals surface area contributed by atoms with Crippen LogP contribution in [0, 0.1) is 24.0 Å². The standard InChI is InChI=1S/C15H15NO3/c1-10-3-8-14(11(2)9-10)15(17)12-4-6-13(7-5-12)16(18)19/h3-9,15,17H,1-2H3. The predicted octanol–water partition coefficient (Wildman–Crippen LogP) is 3.29. The number of hydrogen-bond acceptors (Lipinski definition) is 3. The molecule has 0 spiro atoms. The minimum atomic E-state index is -0.763. The molecule has 19 heavy (non-hydrogen) atoms. The molecule has 0 fully saturated rings. The van der Waals surface area contributed by atoms with Crippen LogP contribution in [-0.2, 0) is 0 Å². The Bertz CT molecular complexity index is 605. The number of non-ortho nitro benzene ring substituents is 1. The van der Waals surface area contributed by atoms with Gasteiger partial charge < -0.3 is 5.11 Å². The Morgan fingerprint density at radius 3 is 2.26 bits per heavy atom. The SMILES string of the molecule is Cc1ccc(C(O)c2ccc([N+](=O)[O-])cc2)c(C)c1. The van der Waals surface area contributed by atoms with Gasteiger partial charge >= 0.3 is 0 Å². The van der Waals surface area contributed by atoms with Crippen LogP contribution in [-0.4, -0.2) is 10.0 Å². The molecule has 0 saturated carbocycles. The summed E-state index contributed by atoms with van der Waals surface area (Å²) < 4.78 is 0. The van der Waals surface area contributed by atoms with E-state index in [2.05, 4.69) is 0 Å². The van der Waals surface area contributed by atoms with Crippen LogP contribution in [0.1, 0.15) is 28.4 Å². The number of hydrogen-bond donors (Lipinski definition) is 1. The molecule has 0 aromatic heterocycles. The molecule has 1 unspecified atom stereocenters. The quantitative estimate of drug-likeness (QED) is 0.677. The lowest BCUT2D eigenvalue weighted by molar-refractivity contribution is -0.384. The zero-order valence-electron chi connectivity index (χ0n) is 10.8. The number of nitro benzene ring substituents is 1. The summed E-state index contributed by atoms with van der Waals surface area (Å²) in [5.74, 6) is 0. The van der Waals surface area contributed by atoms with E-state index in [0.29, 0.717) is 5.56 Å². The maximum absolute atomic E-state index is 10.6. The highest BCUT2D eigenvalue weighted by Gasteiger charge is 2.14. The number of rotatable bonds is 3. The second kappa shape index (κ2) is 5.20. The van der Waals surface area contributed by atoms with Crippen molar-refractivity contribution < 1.29 is 10.0 Å². The maximum atomic E-state index is 10.6. The van der Waals surface area contributed by atoms with Gasteiger partial charge in [-0.2, -0.15) is 0 Å². The van der Waals surface area contributed by atoms with E-state index in [1.54, 1.807) is 12.1 Å². The van der Waals surface area contributed by atoms with Crippen molar-refractivity contribution in [2.45, 2.75) is 20.0 Å². The second-order valence-corrected chi connectivity index (χ2v) is 4.61. The summed E-state index contributed by atoms with van der Waals surface area (Å²) in [6.45, 7) is 3.94. The van der Waals surface area contributed by atoms with Gasteiger partial charge in [-0.05, 0) is 42.7 Å². The molecule has 0 aliphatic heterocycles. The Balaban J connectivity index is 2.33. The molecular weight excluding hydrogens is 242 g/mol.